The molecule has 0 radical (unpaired) electrons. The molecule has 1 aliphatic heterocycles. The maximum absolute atomic E-state index is 12.6. The van der Waals surface area contributed by atoms with E-state index < -0.39 is 0 Å². The fraction of sp³-hybridized carbons (Fsp3) is 0.714. The molecule has 2 aliphatic rings. The van der Waals surface area contributed by atoms with Crippen molar-refractivity contribution in [1.82, 2.24) is 10.1 Å². The summed E-state index contributed by atoms with van der Waals surface area (Å²) in [6.45, 7) is 4.88. The van der Waals surface area contributed by atoms with Crippen LogP contribution in [0.1, 0.15) is 54.4 Å². The lowest BCUT2D eigenvalue weighted by Crippen LogP contribution is -2.38. The fourth-order valence-corrected chi connectivity index (χ4v) is 3.41. The number of fused-ring (bicyclic) bond motifs is 2. The molecule has 1 aromatic heterocycles. The van der Waals surface area contributed by atoms with Gasteiger partial charge in [-0.25, -0.2) is 0 Å². The highest BCUT2D eigenvalue weighted by molar-refractivity contribution is 5.96. The van der Waals surface area contributed by atoms with Crippen LogP contribution < -0.4 is 0 Å². The first kappa shape index (κ1) is 11.8. The largest absolute Gasteiger partial charge is 0.360 e. The molecular weight excluding hydrogens is 228 g/mol. The van der Waals surface area contributed by atoms with Gasteiger partial charge in [-0.05, 0) is 38.5 Å². The zero-order valence-electron chi connectivity index (χ0n) is 11.1. The minimum absolute atomic E-state index is 0.143. The monoisotopic (exact) mass is 248 g/mol. The molecule has 1 aliphatic carbocycles. The van der Waals surface area contributed by atoms with Crippen LogP contribution in [0.4, 0.5) is 0 Å². The maximum atomic E-state index is 12.6. The van der Waals surface area contributed by atoms with Crippen molar-refractivity contribution in [1.29, 1.82) is 0 Å². The second-order valence-electron chi connectivity index (χ2n) is 5.61. The lowest BCUT2D eigenvalue weighted by molar-refractivity contribution is 0.0700. The van der Waals surface area contributed by atoms with Gasteiger partial charge in [-0.15, -0.1) is 0 Å². The molecule has 0 N–H and O–H groups in total. The quantitative estimate of drug-likeness (QED) is 0.826. The molecule has 3 rings (SSSR count). The van der Waals surface area contributed by atoms with E-state index in [2.05, 4.69) is 12.1 Å². The predicted molar refractivity (Wildman–Crippen MR) is 67.4 cm³/mol. The summed E-state index contributed by atoms with van der Waals surface area (Å²) in [5.74, 6) is 1.64. The number of aromatic nitrogens is 1. The van der Waals surface area contributed by atoms with Crippen LogP contribution in [0.2, 0.25) is 0 Å². The number of amides is 1. The Balaban J connectivity index is 1.86. The van der Waals surface area contributed by atoms with Crippen LogP contribution in [0.25, 0.3) is 0 Å². The topological polar surface area (TPSA) is 46.3 Å². The Morgan fingerprint density at radius 2 is 2.33 bits per heavy atom. The van der Waals surface area contributed by atoms with Crippen molar-refractivity contribution in [3.8, 4) is 0 Å². The molecule has 1 saturated heterocycles. The van der Waals surface area contributed by atoms with E-state index in [1.807, 2.05) is 11.8 Å². The predicted octanol–water partition coefficient (Wildman–Crippen LogP) is 2.56. The van der Waals surface area contributed by atoms with Crippen molar-refractivity contribution in [3.05, 3.63) is 17.0 Å². The zero-order valence-corrected chi connectivity index (χ0v) is 11.1. The van der Waals surface area contributed by atoms with Gasteiger partial charge in [0.1, 0.15) is 11.3 Å². The van der Waals surface area contributed by atoms with Crippen LogP contribution in [-0.2, 0) is 6.42 Å². The average Bonchev–Trinajstić information content (AvgIpc) is 3.04. The third kappa shape index (κ3) is 1.74. The van der Waals surface area contributed by atoms with Gasteiger partial charge in [0.25, 0.3) is 5.91 Å². The first-order valence-electron chi connectivity index (χ1n) is 6.96. The van der Waals surface area contributed by atoms with Gasteiger partial charge in [0.2, 0.25) is 0 Å². The van der Waals surface area contributed by atoms with E-state index in [1.165, 1.54) is 19.3 Å². The van der Waals surface area contributed by atoms with E-state index in [0.29, 0.717) is 6.04 Å². The second-order valence-corrected chi connectivity index (χ2v) is 5.61. The van der Waals surface area contributed by atoms with Gasteiger partial charge in [0.05, 0.1) is 5.69 Å². The molecule has 1 saturated carbocycles. The average molecular weight is 248 g/mol. The Bertz CT molecular complexity index is 466. The molecule has 2 heterocycles. The highest BCUT2D eigenvalue weighted by Gasteiger charge is 2.41. The number of hydrogen-bond donors (Lipinski definition) is 0. The standard InChI is InChI=1S/C14H20N2O2/c1-3-4-12-13(9(2)15-18-12)14(17)16-8-10-5-6-11(16)7-10/h10-11H,3-8H2,1-2H3/t10-,11-/m0/s1. The van der Waals surface area contributed by atoms with E-state index in [4.69, 9.17) is 4.52 Å². The summed E-state index contributed by atoms with van der Waals surface area (Å²) in [7, 11) is 0. The van der Waals surface area contributed by atoms with Crippen LogP contribution in [0.5, 0.6) is 0 Å². The molecule has 1 aromatic rings. The van der Waals surface area contributed by atoms with Crippen molar-refractivity contribution >= 4 is 5.91 Å². The maximum Gasteiger partial charge on any atom is 0.259 e. The Hall–Kier alpha value is -1.32. The minimum atomic E-state index is 0.143. The summed E-state index contributed by atoms with van der Waals surface area (Å²) in [5.41, 5.74) is 1.47. The summed E-state index contributed by atoms with van der Waals surface area (Å²) < 4.78 is 5.30. The van der Waals surface area contributed by atoms with E-state index in [1.54, 1.807) is 0 Å². The summed E-state index contributed by atoms with van der Waals surface area (Å²) >= 11 is 0. The molecule has 4 heteroatoms. The molecule has 4 nitrogen and oxygen atoms in total. The second kappa shape index (κ2) is 4.41. The summed E-state index contributed by atoms with van der Waals surface area (Å²) in [6.07, 6.45) is 5.42. The Labute approximate surface area is 107 Å². The number of piperidine rings is 1. The van der Waals surface area contributed by atoms with Gasteiger partial charge in [0.15, 0.2) is 0 Å². The fourth-order valence-electron chi connectivity index (χ4n) is 3.41. The van der Waals surface area contributed by atoms with E-state index in [9.17, 15) is 4.79 Å². The minimum Gasteiger partial charge on any atom is -0.360 e. The van der Waals surface area contributed by atoms with Gasteiger partial charge in [-0.1, -0.05) is 12.1 Å². The van der Waals surface area contributed by atoms with Crippen LogP contribution in [0.3, 0.4) is 0 Å². The van der Waals surface area contributed by atoms with Crippen LogP contribution >= 0.6 is 0 Å². The number of aryl methyl sites for hydroxylation is 2. The first-order valence-corrected chi connectivity index (χ1v) is 6.96. The van der Waals surface area contributed by atoms with Crippen LogP contribution in [0, 0.1) is 12.8 Å². The first-order chi connectivity index (χ1) is 8.70. The Morgan fingerprint density at radius 3 is 2.94 bits per heavy atom. The molecule has 98 valence electrons. The number of carbonyl (C=O) groups is 1. The Morgan fingerprint density at radius 1 is 1.50 bits per heavy atom. The number of carbonyl (C=O) groups excluding carboxylic acids is 1. The highest BCUT2D eigenvalue weighted by atomic mass is 16.5. The highest BCUT2D eigenvalue weighted by Crippen LogP contribution is 2.38. The zero-order chi connectivity index (χ0) is 12.7. The van der Waals surface area contributed by atoms with Crippen LogP contribution in [0.15, 0.2) is 4.52 Å². The van der Waals surface area contributed by atoms with Gasteiger partial charge >= 0.3 is 0 Å². The molecule has 2 bridgehead atoms. The lowest BCUT2D eigenvalue weighted by atomic mass is 10.1. The van der Waals surface area contributed by atoms with E-state index >= 15 is 0 Å². The molecule has 0 aromatic carbocycles. The summed E-state index contributed by atoms with van der Waals surface area (Å²) in [5, 5.41) is 3.97. The van der Waals surface area contributed by atoms with Crippen LogP contribution in [-0.4, -0.2) is 28.6 Å². The number of rotatable bonds is 3. The number of nitrogens with zero attached hydrogens (tertiary/aromatic N) is 2. The van der Waals surface area contributed by atoms with Gasteiger partial charge in [-0.2, -0.15) is 0 Å². The number of hydrogen-bond acceptors (Lipinski definition) is 3. The molecule has 1 amide bonds. The van der Waals surface area contributed by atoms with Gasteiger partial charge < -0.3 is 9.42 Å². The van der Waals surface area contributed by atoms with Crippen molar-refractivity contribution in [2.45, 2.75) is 52.0 Å². The van der Waals surface area contributed by atoms with Crippen molar-refractivity contribution < 1.29 is 9.32 Å². The third-order valence-electron chi connectivity index (χ3n) is 4.29. The van der Waals surface area contributed by atoms with Gasteiger partial charge in [0, 0.05) is 19.0 Å². The van der Waals surface area contributed by atoms with Crippen molar-refractivity contribution in [2.75, 3.05) is 6.54 Å². The lowest BCUT2D eigenvalue weighted by Gasteiger charge is -2.26. The Kier molecular flexibility index (Phi) is 2.88. The normalized spacial score (nSPS) is 26.0. The SMILES string of the molecule is CCCc1onc(C)c1C(=O)N1C[C@H]2CC[C@H]1C2. The molecule has 18 heavy (non-hydrogen) atoms. The third-order valence-corrected chi connectivity index (χ3v) is 4.29. The smallest absolute Gasteiger partial charge is 0.259 e. The number of likely N-dealkylation sites (tertiary alicyclic amines) is 1. The molecular formula is C14H20N2O2. The molecule has 2 atom stereocenters. The van der Waals surface area contributed by atoms with Crippen molar-refractivity contribution in [2.24, 2.45) is 5.92 Å². The summed E-state index contributed by atoms with van der Waals surface area (Å²) in [4.78, 5) is 14.7. The van der Waals surface area contributed by atoms with E-state index in [0.717, 1.165) is 42.3 Å². The molecule has 0 unspecified atom stereocenters. The van der Waals surface area contributed by atoms with Gasteiger partial charge in [-0.3, -0.25) is 4.79 Å². The van der Waals surface area contributed by atoms with E-state index in [-0.39, 0.29) is 5.91 Å². The van der Waals surface area contributed by atoms with Crippen molar-refractivity contribution in [3.63, 3.8) is 0 Å². The molecule has 0 spiro atoms. The summed E-state index contributed by atoms with van der Waals surface area (Å²) in [6, 6.07) is 0.464. The molecule has 2 fully saturated rings.